The lowest BCUT2D eigenvalue weighted by atomic mass is 9.92. The average Bonchev–Trinajstić information content (AvgIpc) is 3.30. The highest BCUT2D eigenvalue weighted by Gasteiger charge is 2.50. The first-order valence-corrected chi connectivity index (χ1v) is 11.8. The molecule has 0 unspecified atom stereocenters. The van der Waals surface area contributed by atoms with Gasteiger partial charge in [0, 0.05) is 18.0 Å². The fourth-order valence-corrected chi connectivity index (χ4v) is 4.97. The molecule has 2 aromatic rings. The van der Waals surface area contributed by atoms with Crippen molar-refractivity contribution in [2.45, 2.75) is 37.8 Å². The lowest BCUT2D eigenvalue weighted by molar-refractivity contribution is -0.139. The van der Waals surface area contributed by atoms with Crippen LogP contribution < -0.4 is 14.8 Å². The van der Waals surface area contributed by atoms with Crippen LogP contribution in [-0.4, -0.2) is 53.9 Å². The number of carbonyl (C=O) groups is 3. The maximum absolute atomic E-state index is 13.3. The minimum atomic E-state index is -1.25. The Balaban J connectivity index is 1.33. The Labute approximate surface area is 202 Å². The van der Waals surface area contributed by atoms with E-state index in [1.807, 2.05) is 18.2 Å². The fraction of sp³-hybridized carbons (Fsp3) is 0.400. The third-order valence-electron chi connectivity index (χ3n) is 6.72. The van der Waals surface area contributed by atoms with E-state index in [1.165, 1.54) is 0 Å². The smallest absolute Gasteiger partial charge is 0.325 e. The van der Waals surface area contributed by atoms with E-state index in [4.69, 9.17) is 21.1 Å². The lowest BCUT2D eigenvalue weighted by Gasteiger charge is -2.27. The van der Waals surface area contributed by atoms with Crippen molar-refractivity contribution in [3.63, 3.8) is 0 Å². The van der Waals surface area contributed by atoms with Gasteiger partial charge in [-0.15, -0.1) is 0 Å². The Morgan fingerprint density at radius 3 is 2.59 bits per heavy atom. The Hall–Kier alpha value is -3.26. The van der Waals surface area contributed by atoms with Gasteiger partial charge in [-0.05, 0) is 55.2 Å². The Bertz CT molecular complexity index is 1140. The van der Waals surface area contributed by atoms with E-state index < -0.39 is 17.5 Å². The summed E-state index contributed by atoms with van der Waals surface area (Å²) in [5.74, 6) is 0.665. The van der Waals surface area contributed by atoms with Crippen molar-refractivity contribution in [1.29, 1.82) is 0 Å². The minimum absolute atomic E-state index is 0.145. The van der Waals surface area contributed by atoms with Crippen molar-refractivity contribution < 1.29 is 23.9 Å². The molecule has 4 amide bonds. The Morgan fingerprint density at radius 1 is 1.09 bits per heavy atom. The molecule has 1 N–H and O–H groups in total. The maximum Gasteiger partial charge on any atom is 0.325 e. The van der Waals surface area contributed by atoms with E-state index in [0.717, 1.165) is 29.7 Å². The summed E-state index contributed by atoms with van der Waals surface area (Å²) in [6.07, 6.45) is 2.46. The van der Waals surface area contributed by atoms with Crippen molar-refractivity contribution >= 4 is 29.4 Å². The normalized spacial score (nSPS) is 24.2. The van der Waals surface area contributed by atoms with Crippen LogP contribution >= 0.6 is 11.6 Å². The third-order valence-corrected chi connectivity index (χ3v) is 6.97. The number of benzene rings is 2. The number of nitrogens with zero attached hydrogens (tertiary/aromatic N) is 2. The van der Waals surface area contributed by atoms with Gasteiger partial charge in [-0.25, -0.2) is 4.79 Å². The summed E-state index contributed by atoms with van der Waals surface area (Å²) >= 11 is 5.96. The van der Waals surface area contributed by atoms with Crippen LogP contribution in [0.4, 0.5) is 4.79 Å². The summed E-state index contributed by atoms with van der Waals surface area (Å²) < 4.78 is 11.5. The number of rotatable bonds is 4. The highest BCUT2D eigenvalue weighted by atomic mass is 35.5. The quantitative estimate of drug-likeness (QED) is 0.671. The van der Waals surface area contributed by atoms with Gasteiger partial charge in [0.1, 0.15) is 12.1 Å². The number of hydrogen-bond donors (Lipinski definition) is 1. The summed E-state index contributed by atoms with van der Waals surface area (Å²) in [7, 11) is 0. The second-order valence-electron chi connectivity index (χ2n) is 8.96. The van der Waals surface area contributed by atoms with Crippen LogP contribution in [0.15, 0.2) is 42.5 Å². The van der Waals surface area contributed by atoms with Gasteiger partial charge in [0.05, 0.1) is 19.3 Å². The first kappa shape index (κ1) is 22.5. The highest BCUT2D eigenvalue weighted by molar-refractivity contribution is 6.30. The first-order valence-electron chi connectivity index (χ1n) is 11.5. The van der Waals surface area contributed by atoms with E-state index in [-0.39, 0.29) is 18.5 Å². The Morgan fingerprint density at radius 2 is 1.82 bits per heavy atom. The fourth-order valence-electron chi connectivity index (χ4n) is 4.84. The van der Waals surface area contributed by atoms with Gasteiger partial charge in [-0.2, -0.15) is 0 Å². The molecule has 0 saturated carbocycles. The molecule has 9 heteroatoms. The topological polar surface area (TPSA) is 88.2 Å². The summed E-state index contributed by atoms with van der Waals surface area (Å²) in [5, 5.41) is 3.27. The van der Waals surface area contributed by atoms with E-state index in [0.29, 0.717) is 41.8 Å². The number of fused-ring (bicyclic) bond motifs is 1. The van der Waals surface area contributed by atoms with Crippen LogP contribution in [-0.2, 0) is 15.1 Å². The second-order valence-corrected chi connectivity index (χ2v) is 9.39. The molecule has 34 heavy (non-hydrogen) atoms. The SMILES string of the molecule is C[C@@]1(c2ccc(Cl)cc2)NC(=O)N(CC(=O)N2CCC[C@@H]2c2ccc3c(c2)OCCCO3)C1=O. The van der Waals surface area contributed by atoms with Crippen LogP contribution in [0.2, 0.25) is 5.02 Å². The molecule has 0 bridgehead atoms. The largest absolute Gasteiger partial charge is 0.490 e. The molecule has 5 rings (SSSR count). The predicted molar refractivity (Wildman–Crippen MR) is 125 cm³/mol. The number of nitrogens with one attached hydrogen (secondary N) is 1. The van der Waals surface area contributed by atoms with Gasteiger partial charge in [0.25, 0.3) is 5.91 Å². The van der Waals surface area contributed by atoms with E-state index >= 15 is 0 Å². The second kappa shape index (κ2) is 8.83. The molecule has 0 radical (unpaired) electrons. The minimum Gasteiger partial charge on any atom is -0.490 e. The molecular formula is C25H26ClN3O5. The van der Waals surface area contributed by atoms with Crippen molar-refractivity contribution in [3.8, 4) is 11.5 Å². The van der Waals surface area contributed by atoms with Crippen molar-refractivity contribution in [1.82, 2.24) is 15.1 Å². The van der Waals surface area contributed by atoms with Crippen LogP contribution in [0.5, 0.6) is 11.5 Å². The zero-order chi connectivity index (χ0) is 23.9. The molecule has 2 aromatic carbocycles. The summed E-state index contributed by atoms with van der Waals surface area (Å²) in [6.45, 7) is 3.09. The van der Waals surface area contributed by atoms with Gasteiger partial charge in [0.15, 0.2) is 11.5 Å². The van der Waals surface area contributed by atoms with Gasteiger partial charge < -0.3 is 19.7 Å². The van der Waals surface area contributed by atoms with Gasteiger partial charge in [-0.1, -0.05) is 29.8 Å². The van der Waals surface area contributed by atoms with Crippen molar-refractivity contribution in [3.05, 3.63) is 58.6 Å². The standard InChI is InChI=1S/C25H26ClN3O5/c1-25(17-6-8-18(26)9-7-17)23(31)29(24(32)27-25)15-22(30)28-11-2-4-19(28)16-5-10-20-21(14-16)34-13-3-12-33-20/h5-10,14,19H,2-4,11-13,15H2,1H3,(H,27,32)/t19-,25+/m1/s1. The molecule has 2 atom stereocenters. The maximum atomic E-state index is 13.3. The molecule has 8 nitrogen and oxygen atoms in total. The molecular weight excluding hydrogens is 458 g/mol. The average molecular weight is 484 g/mol. The van der Waals surface area contributed by atoms with Crippen molar-refractivity contribution in [2.24, 2.45) is 0 Å². The molecule has 3 aliphatic heterocycles. The van der Waals surface area contributed by atoms with Gasteiger partial charge >= 0.3 is 6.03 Å². The number of ether oxygens (including phenoxy) is 2. The molecule has 3 aliphatic rings. The van der Waals surface area contributed by atoms with Crippen LogP contribution in [0.3, 0.4) is 0 Å². The van der Waals surface area contributed by atoms with E-state index in [1.54, 1.807) is 36.1 Å². The molecule has 0 aliphatic carbocycles. The number of hydrogen-bond acceptors (Lipinski definition) is 5. The van der Waals surface area contributed by atoms with Gasteiger partial charge in [-0.3, -0.25) is 14.5 Å². The van der Waals surface area contributed by atoms with Gasteiger partial charge in [0.2, 0.25) is 5.91 Å². The molecule has 0 spiro atoms. The molecule has 3 heterocycles. The summed E-state index contributed by atoms with van der Waals surface area (Å²) in [6, 6.07) is 11.8. The Kier molecular flexibility index (Phi) is 5.85. The van der Waals surface area contributed by atoms with E-state index in [2.05, 4.69) is 5.32 Å². The summed E-state index contributed by atoms with van der Waals surface area (Å²) in [4.78, 5) is 42.0. The third kappa shape index (κ3) is 3.96. The molecule has 178 valence electrons. The number of carbonyl (C=O) groups excluding carboxylic acids is 3. The zero-order valence-electron chi connectivity index (χ0n) is 18.9. The molecule has 2 fully saturated rings. The van der Waals surface area contributed by atoms with Crippen LogP contribution in [0, 0.1) is 0 Å². The van der Waals surface area contributed by atoms with E-state index in [9.17, 15) is 14.4 Å². The lowest BCUT2D eigenvalue weighted by Crippen LogP contribution is -2.44. The van der Waals surface area contributed by atoms with Crippen LogP contribution in [0.1, 0.15) is 43.4 Å². The number of amides is 4. The number of halogens is 1. The van der Waals surface area contributed by atoms with Crippen molar-refractivity contribution in [2.75, 3.05) is 26.3 Å². The zero-order valence-corrected chi connectivity index (χ0v) is 19.6. The monoisotopic (exact) mass is 483 g/mol. The highest BCUT2D eigenvalue weighted by Crippen LogP contribution is 2.38. The molecule has 2 saturated heterocycles. The predicted octanol–water partition coefficient (Wildman–Crippen LogP) is 3.63. The first-order chi connectivity index (χ1) is 16.4. The van der Waals surface area contributed by atoms with Crippen LogP contribution in [0.25, 0.3) is 0 Å². The molecule has 0 aromatic heterocycles. The number of imide groups is 1. The summed E-state index contributed by atoms with van der Waals surface area (Å²) in [5.41, 5.74) is 0.315. The number of urea groups is 1. The number of likely N-dealkylation sites (tertiary alicyclic amines) is 1.